The van der Waals surface area contributed by atoms with Gasteiger partial charge in [-0.1, -0.05) is 24.6 Å². The second-order valence-corrected chi connectivity index (χ2v) is 5.94. The van der Waals surface area contributed by atoms with E-state index < -0.39 is 0 Å². The van der Waals surface area contributed by atoms with Gasteiger partial charge in [0, 0.05) is 11.1 Å². The van der Waals surface area contributed by atoms with E-state index in [1.54, 1.807) is 12.1 Å². The molecule has 2 nitrogen and oxygen atoms in total. The molecule has 1 aliphatic heterocycles. The molecule has 1 N–H and O–H groups in total. The zero-order chi connectivity index (χ0) is 13.9. The van der Waals surface area contributed by atoms with Crippen LogP contribution in [0.2, 0.25) is 0 Å². The van der Waals surface area contributed by atoms with Crippen molar-refractivity contribution < 1.29 is 4.39 Å². The highest BCUT2D eigenvalue weighted by Crippen LogP contribution is 2.33. The predicted octanol–water partition coefficient (Wildman–Crippen LogP) is 3.35. The van der Waals surface area contributed by atoms with E-state index >= 15 is 0 Å². The molecule has 0 aromatic heterocycles. The van der Waals surface area contributed by atoms with E-state index in [4.69, 9.17) is 0 Å². The number of nitrogens with zero attached hydrogens (tertiary/aromatic N) is 1. The van der Waals surface area contributed by atoms with Crippen molar-refractivity contribution in [3.63, 3.8) is 0 Å². The zero-order valence-corrected chi connectivity index (χ0v) is 12.2. The van der Waals surface area contributed by atoms with Gasteiger partial charge in [-0.15, -0.1) is 0 Å². The van der Waals surface area contributed by atoms with Crippen LogP contribution in [0.1, 0.15) is 44.7 Å². The van der Waals surface area contributed by atoms with Crippen molar-refractivity contribution >= 4 is 0 Å². The molecule has 1 unspecified atom stereocenters. The van der Waals surface area contributed by atoms with Gasteiger partial charge in [0.1, 0.15) is 5.82 Å². The van der Waals surface area contributed by atoms with E-state index in [2.05, 4.69) is 24.1 Å². The van der Waals surface area contributed by atoms with Crippen LogP contribution >= 0.6 is 0 Å². The molecule has 1 aromatic carbocycles. The fourth-order valence-electron chi connectivity index (χ4n) is 3.25. The standard InChI is InChI=1S/C16H25FN2/c1-16(2,19-11-7-4-8-12-19)15(18-3)13-9-5-6-10-14(13)17/h5-6,9-10,15,18H,4,7-8,11-12H2,1-3H3. The molecular formula is C16H25FN2. The third-order valence-corrected chi connectivity index (χ3v) is 4.38. The molecule has 1 aromatic rings. The molecule has 1 fully saturated rings. The summed E-state index contributed by atoms with van der Waals surface area (Å²) >= 11 is 0. The number of likely N-dealkylation sites (N-methyl/N-ethyl adjacent to an activating group) is 1. The lowest BCUT2D eigenvalue weighted by atomic mass is 9.85. The average Bonchev–Trinajstić information content (AvgIpc) is 2.42. The van der Waals surface area contributed by atoms with Gasteiger partial charge in [-0.05, 0) is 52.9 Å². The fraction of sp³-hybridized carbons (Fsp3) is 0.625. The smallest absolute Gasteiger partial charge is 0.128 e. The largest absolute Gasteiger partial charge is 0.311 e. The molecule has 0 spiro atoms. The fourth-order valence-corrected chi connectivity index (χ4v) is 3.25. The van der Waals surface area contributed by atoms with Gasteiger partial charge in [0.05, 0.1) is 6.04 Å². The van der Waals surface area contributed by atoms with Gasteiger partial charge in [0.2, 0.25) is 0 Å². The SMILES string of the molecule is CNC(c1ccccc1F)C(C)(C)N1CCCCC1. The molecule has 0 amide bonds. The van der Waals surface area contributed by atoms with Gasteiger partial charge < -0.3 is 5.32 Å². The maximum absolute atomic E-state index is 14.1. The lowest BCUT2D eigenvalue weighted by Gasteiger charge is -2.46. The molecule has 0 saturated carbocycles. The van der Waals surface area contributed by atoms with Gasteiger partial charge in [0.15, 0.2) is 0 Å². The lowest BCUT2D eigenvalue weighted by molar-refractivity contribution is 0.0621. The van der Waals surface area contributed by atoms with Crippen LogP contribution in [-0.2, 0) is 0 Å². The summed E-state index contributed by atoms with van der Waals surface area (Å²) in [7, 11) is 1.92. The summed E-state index contributed by atoms with van der Waals surface area (Å²) in [6.45, 7) is 6.65. The van der Waals surface area contributed by atoms with Gasteiger partial charge in [0.25, 0.3) is 0 Å². The van der Waals surface area contributed by atoms with Crippen molar-refractivity contribution in [2.45, 2.75) is 44.7 Å². The Labute approximate surface area is 116 Å². The Kier molecular flexibility index (Phi) is 4.58. The molecule has 0 bridgehead atoms. The first-order chi connectivity index (χ1) is 9.07. The Bertz CT molecular complexity index is 411. The van der Waals surface area contributed by atoms with Crippen molar-refractivity contribution in [2.24, 2.45) is 0 Å². The number of hydrogen-bond donors (Lipinski definition) is 1. The Hall–Kier alpha value is -0.930. The second-order valence-electron chi connectivity index (χ2n) is 5.94. The van der Waals surface area contributed by atoms with E-state index in [1.165, 1.54) is 19.3 Å². The summed E-state index contributed by atoms with van der Waals surface area (Å²) in [5.41, 5.74) is 0.678. The summed E-state index contributed by atoms with van der Waals surface area (Å²) in [6.07, 6.45) is 3.81. The number of rotatable bonds is 4. The first kappa shape index (κ1) is 14.5. The quantitative estimate of drug-likeness (QED) is 0.897. The minimum Gasteiger partial charge on any atom is -0.311 e. The van der Waals surface area contributed by atoms with Crippen molar-refractivity contribution in [3.05, 3.63) is 35.6 Å². The van der Waals surface area contributed by atoms with E-state index in [-0.39, 0.29) is 17.4 Å². The summed E-state index contributed by atoms with van der Waals surface area (Å²) in [4.78, 5) is 2.49. The Morgan fingerprint density at radius 2 is 1.79 bits per heavy atom. The third-order valence-electron chi connectivity index (χ3n) is 4.38. The first-order valence-corrected chi connectivity index (χ1v) is 7.24. The minimum absolute atomic E-state index is 0.00630. The summed E-state index contributed by atoms with van der Waals surface area (Å²) in [5.74, 6) is -0.119. The van der Waals surface area contributed by atoms with E-state index in [1.807, 2.05) is 19.2 Å². The molecule has 1 atom stereocenters. The highest BCUT2D eigenvalue weighted by Gasteiger charge is 2.37. The van der Waals surface area contributed by atoms with Crippen molar-refractivity contribution in [1.82, 2.24) is 10.2 Å². The number of nitrogens with one attached hydrogen (secondary N) is 1. The second kappa shape index (κ2) is 6.02. The summed E-state index contributed by atoms with van der Waals surface area (Å²) in [6, 6.07) is 7.11. The van der Waals surface area contributed by atoms with Crippen LogP contribution in [0, 0.1) is 5.82 Å². The van der Waals surface area contributed by atoms with Crippen LogP contribution < -0.4 is 5.32 Å². The molecule has 106 valence electrons. The zero-order valence-electron chi connectivity index (χ0n) is 12.2. The third kappa shape index (κ3) is 2.98. The topological polar surface area (TPSA) is 15.3 Å². The number of piperidine rings is 1. The van der Waals surface area contributed by atoms with E-state index in [9.17, 15) is 4.39 Å². The number of benzene rings is 1. The Morgan fingerprint density at radius 1 is 1.16 bits per heavy atom. The number of hydrogen-bond acceptors (Lipinski definition) is 2. The van der Waals surface area contributed by atoms with E-state index in [0.717, 1.165) is 18.7 Å². The minimum atomic E-state index is -0.119. The normalized spacial score (nSPS) is 19.4. The molecule has 3 heteroatoms. The van der Waals surface area contributed by atoms with Gasteiger partial charge in [-0.25, -0.2) is 4.39 Å². The average molecular weight is 264 g/mol. The van der Waals surface area contributed by atoms with Crippen molar-refractivity contribution in [1.29, 1.82) is 0 Å². The van der Waals surface area contributed by atoms with Gasteiger partial charge in [-0.2, -0.15) is 0 Å². The predicted molar refractivity (Wildman–Crippen MR) is 77.7 cm³/mol. The first-order valence-electron chi connectivity index (χ1n) is 7.24. The number of likely N-dealkylation sites (tertiary alicyclic amines) is 1. The van der Waals surface area contributed by atoms with Crippen molar-refractivity contribution in [2.75, 3.05) is 20.1 Å². The lowest BCUT2D eigenvalue weighted by Crippen LogP contribution is -2.53. The maximum Gasteiger partial charge on any atom is 0.128 e. The molecule has 2 rings (SSSR count). The Balaban J connectivity index is 2.27. The van der Waals surface area contributed by atoms with Crippen LogP contribution in [0.5, 0.6) is 0 Å². The molecule has 1 saturated heterocycles. The monoisotopic (exact) mass is 264 g/mol. The highest BCUT2D eigenvalue weighted by atomic mass is 19.1. The molecule has 0 aliphatic carbocycles. The van der Waals surface area contributed by atoms with Crippen LogP contribution in [0.15, 0.2) is 24.3 Å². The molecular weight excluding hydrogens is 239 g/mol. The van der Waals surface area contributed by atoms with Gasteiger partial charge >= 0.3 is 0 Å². The Morgan fingerprint density at radius 3 is 2.37 bits per heavy atom. The van der Waals surface area contributed by atoms with Crippen LogP contribution in [-0.4, -0.2) is 30.6 Å². The molecule has 19 heavy (non-hydrogen) atoms. The molecule has 1 aliphatic rings. The van der Waals surface area contributed by atoms with Crippen LogP contribution in [0.3, 0.4) is 0 Å². The highest BCUT2D eigenvalue weighted by molar-refractivity contribution is 5.24. The van der Waals surface area contributed by atoms with Crippen molar-refractivity contribution in [3.8, 4) is 0 Å². The summed E-state index contributed by atoms with van der Waals surface area (Å²) < 4.78 is 14.1. The van der Waals surface area contributed by atoms with Gasteiger partial charge in [-0.3, -0.25) is 4.90 Å². The van der Waals surface area contributed by atoms with Crippen LogP contribution in [0.25, 0.3) is 0 Å². The molecule has 0 radical (unpaired) electrons. The van der Waals surface area contributed by atoms with Crippen LogP contribution in [0.4, 0.5) is 4.39 Å². The molecule has 1 heterocycles. The van der Waals surface area contributed by atoms with E-state index in [0.29, 0.717) is 0 Å². The summed E-state index contributed by atoms with van der Waals surface area (Å²) in [5, 5.41) is 3.32. The number of halogens is 1. The maximum atomic E-state index is 14.1.